The lowest BCUT2D eigenvalue weighted by atomic mass is 10.1. The fourth-order valence-corrected chi connectivity index (χ4v) is 2.55. The van der Waals surface area contributed by atoms with E-state index in [1.54, 1.807) is 12.1 Å². The molecule has 1 aromatic heterocycles. The second-order valence-electron chi connectivity index (χ2n) is 3.61. The molecule has 1 heterocycles. The van der Waals surface area contributed by atoms with Crippen LogP contribution in [-0.2, 0) is 6.54 Å². The van der Waals surface area contributed by atoms with E-state index in [0.717, 1.165) is 16.0 Å². The summed E-state index contributed by atoms with van der Waals surface area (Å²) in [5.41, 5.74) is 1.88. The van der Waals surface area contributed by atoms with Gasteiger partial charge in [-0.25, -0.2) is 4.39 Å². The van der Waals surface area contributed by atoms with E-state index in [-0.39, 0.29) is 5.82 Å². The number of thiophene rings is 1. The Morgan fingerprint density at radius 3 is 2.82 bits per heavy atom. The summed E-state index contributed by atoms with van der Waals surface area (Å²) in [7, 11) is 1.82. The Balaban J connectivity index is 2.47. The minimum absolute atomic E-state index is 0.240. The van der Waals surface area contributed by atoms with E-state index in [9.17, 15) is 4.39 Å². The maximum atomic E-state index is 13.2. The van der Waals surface area contributed by atoms with E-state index in [1.807, 2.05) is 13.1 Å². The van der Waals surface area contributed by atoms with E-state index < -0.39 is 0 Å². The molecular formula is C13H11FN2S. The number of halogens is 1. The van der Waals surface area contributed by atoms with Gasteiger partial charge in [0.1, 0.15) is 16.8 Å². The summed E-state index contributed by atoms with van der Waals surface area (Å²) < 4.78 is 13.2. The van der Waals surface area contributed by atoms with Gasteiger partial charge in [0.25, 0.3) is 0 Å². The number of hydrogen-bond donors (Lipinski definition) is 1. The summed E-state index contributed by atoms with van der Waals surface area (Å²) in [5, 5.41) is 11.8. The number of rotatable bonds is 3. The predicted molar refractivity (Wildman–Crippen MR) is 67.2 cm³/mol. The van der Waals surface area contributed by atoms with Gasteiger partial charge in [-0.15, -0.1) is 11.3 Å². The fraction of sp³-hybridized carbons (Fsp3) is 0.154. The van der Waals surface area contributed by atoms with E-state index >= 15 is 0 Å². The third kappa shape index (κ3) is 2.52. The van der Waals surface area contributed by atoms with Crippen LogP contribution in [0.1, 0.15) is 10.4 Å². The highest BCUT2D eigenvalue weighted by Crippen LogP contribution is 2.30. The quantitative estimate of drug-likeness (QED) is 0.903. The van der Waals surface area contributed by atoms with Crippen LogP contribution in [0.2, 0.25) is 0 Å². The Bertz CT molecular complexity index is 569. The number of nitrogens with zero attached hydrogens (tertiary/aromatic N) is 1. The zero-order valence-corrected chi connectivity index (χ0v) is 10.1. The van der Waals surface area contributed by atoms with E-state index in [2.05, 4.69) is 11.4 Å². The van der Waals surface area contributed by atoms with Gasteiger partial charge in [-0.1, -0.05) is 6.07 Å². The molecule has 86 valence electrons. The zero-order valence-electron chi connectivity index (χ0n) is 9.33. The number of nitriles is 1. The lowest BCUT2D eigenvalue weighted by Crippen LogP contribution is -2.06. The van der Waals surface area contributed by atoms with Gasteiger partial charge in [-0.2, -0.15) is 5.26 Å². The van der Waals surface area contributed by atoms with Crippen molar-refractivity contribution in [3.05, 3.63) is 46.6 Å². The van der Waals surface area contributed by atoms with Gasteiger partial charge >= 0.3 is 0 Å². The lowest BCUT2D eigenvalue weighted by Gasteiger charge is -2.07. The molecule has 2 nitrogen and oxygen atoms in total. The highest BCUT2D eigenvalue weighted by molar-refractivity contribution is 7.16. The topological polar surface area (TPSA) is 35.8 Å². The van der Waals surface area contributed by atoms with Gasteiger partial charge in [0.05, 0.1) is 0 Å². The first-order valence-corrected chi connectivity index (χ1v) is 5.99. The third-order valence-electron chi connectivity index (χ3n) is 2.42. The summed E-state index contributed by atoms with van der Waals surface area (Å²) in [6, 6.07) is 10.5. The van der Waals surface area contributed by atoms with Crippen molar-refractivity contribution in [1.82, 2.24) is 5.32 Å². The summed E-state index contributed by atoms with van der Waals surface area (Å²) in [6.07, 6.45) is 0. The van der Waals surface area contributed by atoms with Crippen LogP contribution in [0, 0.1) is 17.1 Å². The molecule has 1 aromatic carbocycles. The molecule has 0 saturated heterocycles. The predicted octanol–water partition coefficient (Wildman–Crippen LogP) is 3.15. The Labute approximate surface area is 103 Å². The minimum atomic E-state index is -0.240. The number of nitrogens with one attached hydrogen (secondary N) is 1. The number of benzene rings is 1. The first-order valence-electron chi connectivity index (χ1n) is 5.18. The molecule has 4 heteroatoms. The maximum absolute atomic E-state index is 13.2. The van der Waals surface area contributed by atoms with Gasteiger partial charge in [0.15, 0.2) is 0 Å². The van der Waals surface area contributed by atoms with Crippen LogP contribution < -0.4 is 5.32 Å². The maximum Gasteiger partial charge on any atom is 0.123 e. The summed E-state index contributed by atoms with van der Waals surface area (Å²) >= 11 is 1.42. The molecule has 0 aliphatic rings. The third-order valence-corrected chi connectivity index (χ3v) is 3.44. The molecule has 17 heavy (non-hydrogen) atoms. The van der Waals surface area contributed by atoms with E-state index in [4.69, 9.17) is 5.26 Å². The highest BCUT2D eigenvalue weighted by Gasteiger charge is 2.08. The van der Waals surface area contributed by atoms with Crippen LogP contribution in [0.25, 0.3) is 10.4 Å². The Morgan fingerprint density at radius 1 is 1.35 bits per heavy atom. The first-order chi connectivity index (χ1) is 8.24. The lowest BCUT2D eigenvalue weighted by molar-refractivity contribution is 0.624. The van der Waals surface area contributed by atoms with E-state index in [1.165, 1.54) is 23.5 Å². The monoisotopic (exact) mass is 246 g/mol. The molecule has 0 bridgehead atoms. The molecule has 0 aliphatic carbocycles. The molecule has 0 radical (unpaired) electrons. The van der Waals surface area contributed by atoms with Crippen LogP contribution in [0.5, 0.6) is 0 Å². The summed E-state index contributed by atoms with van der Waals surface area (Å²) in [6.45, 7) is 0.604. The fourth-order valence-electron chi connectivity index (χ4n) is 1.68. The molecule has 0 spiro atoms. The van der Waals surface area contributed by atoms with Crippen LogP contribution in [0.3, 0.4) is 0 Å². The molecular weight excluding hydrogens is 235 g/mol. The molecule has 2 rings (SSSR count). The average Bonchev–Trinajstić information content (AvgIpc) is 2.78. The van der Waals surface area contributed by atoms with Crippen molar-refractivity contribution in [2.45, 2.75) is 6.54 Å². The first kappa shape index (κ1) is 11.8. The Morgan fingerprint density at radius 2 is 2.18 bits per heavy atom. The molecule has 0 fully saturated rings. The van der Waals surface area contributed by atoms with Gasteiger partial charge < -0.3 is 5.32 Å². The van der Waals surface area contributed by atoms with Gasteiger partial charge in [0, 0.05) is 11.4 Å². The van der Waals surface area contributed by atoms with Crippen molar-refractivity contribution in [2.75, 3.05) is 7.05 Å². The van der Waals surface area contributed by atoms with Crippen molar-refractivity contribution in [3.63, 3.8) is 0 Å². The van der Waals surface area contributed by atoms with Gasteiger partial charge in [-0.3, -0.25) is 0 Å². The van der Waals surface area contributed by atoms with Crippen LogP contribution >= 0.6 is 11.3 Å². The summed E-state index contributed by atoms with van der Waals surface area (Å²) in [5.74, 6) is -0.240. The SMILES string of the molecule is CNCc1cc(F)ccc1-c1ccc(C#N)s1. The van der Waals surface area contributed by atoms with Crippen molar-refractivity contribution >= 4 is 11.3 Å². The highest BCUT2D eigenvalue weighted by atomic mass is 32.1. The van der Waals surface area contributed by atoms with Crippen LogP contribution in [0.15, 0.2) is 30.3 Å². The Kier molecular flexibility index (Phi) is 3.52. The normalized spacial score (nSPS) is 10.2. The standard InChI is InChI=1S/C13H11FN2S/c1-16-8-9-6-10(14)2-4-12(9)13-5-3-11(7-15)17-13/h2-6,16H,8H2,1H3. The molecule has 0 aliphatic heterocycles. The van der Waals surface area contributed by atoms with Crippen molar-refractivity contribution in [2.24, 2.45) is 0 Å². The molecule has 0 unspecified atom stereocenters. The van der Waals surface area contributed by atoms with Crippen LogP contribution in [-0.4, -0.2) is 7.05 Å². The molecule has 0 amide bonds. The van der Waals surface area contributed by atoms with Crippen molar-refractivity contribution in [1.29, 1.82) is 5.26 Å². The smallest absolute Gasteiger partial charge is 0.123 e. The molecule has 2 aromatic rings. The Hall–Kier alpha value is -1.70. The second kappa shape index (κ2) is 5.09. The van der Waals surface area contributed by atoms with E-state index in [0.29, 0.717) is 11.4 Å². The molecule has 0 atom stereocenters. The number of hydrogen-bond acceptors (Lipinski definition) is 3. The largest absolute Gasteiger partial charge is 0.316 e. The van der Waals surface area contributed by atoms with Crippen LogP contribution in [0.4, 0.5) is 4.39 Å². The summed E-state index contributed by atoms with van der Waals surface area (Å²) in [4.78, 5) is 1.66. The molecule has 0 saturated carbocycles. The van der Waals surface area contributed by atoms with Crippen molar-refractivity contribution < 1.29 is 4.39 Å². The minimum Gasteiger partial charge on any atom is -0.316 e. The van der Waals surface area contributed by atoms with Crippen molar-refractivity contribution in [3.8, 4) is 16.5 Å². The zero-order chi connectivity index (χ0) is 12.3. The average molecular weight is 246 g/mol. The molecule has 1 N–H and O–H groups in total. The van der Waals surface area contributed by atoms with Gasteiger partial charge in [0.2, 0.25) is 0 Å². The van der Waals surface area contributed by atoms with Gasteiger partial charge in [-0.05, 0) is 42.4 Å². The second-order valence-corrected chi connectivity index (χ2v) is 4.69.